The fourth-order valence-corrected chi connectivity index (χ4v) is 6.27. The molecule has 3 N–H and O–H groups in total. The lowest BCUT2D eigenvalue weighted by atomic mass is 9.85. The van der Waals surface area contributed by atoms with Gasteiger partial charge in [-0.25, -0.2) is 0 Å². The van der Waals surface area contributed by atoms with Crippen molar-refractivity contribution >= 4 is 28.6 Å². The highest BCUT2D eigenvalue weighted by molar-refractivity contribution is 5.99. The molecule has 2 fully saturated rings. The highest BCUT2D eigenvalue weighted by Crippen LogP contribution is 2.42. The average Bonchev–Trinajstić information content (AvgIpc) is 3.23. The number of nitrogens with zero attached hydrogens (tertiary/aromatic N) is 1. The Morgan fingerprint density at radius 1 is 1.19 bits per heavy atom. The number of fused-ring (bicyclic) bond motifs is 4. The highest BCUT2D eigenvalue weighted by Gasteiger charge is 2.48. The maximum absolute atomic E-state index is 13.8. The van der Waals surface area contributed by atoms with E-state index < -0.39 is 12.1 Å². The van der Waals surface area contributed by atoms with E-state index in [9.17, 15) is 14.4 Å². The van der Waals surface area contributed by atoms with E-state index in [2.05, 4.69) is 29.5 Å². The molecule has 0 spiro atoms. The molecule has 2 aliphatic heterocycles. The van der Waals surface area contributed by atoms with Crippen LogP contribution in [0.1, 0.15) is 82.5 Å². The number of H-pyrrole nitrogens is 1. The molecule has 1 saturated carbocycles. The number of benzene rings is 1. The van der Waals surface area contributed by atoms with Crippen LogP contribution < -0.4 is 15.4 Å². The first-order valence-electron chi connectivity index (χ1n) is 13.5. The highest BCUT2D eigenvalue weighted by atomic mass is 16.5. The van der Waals surface area contributed by atoms with Crippen LogP contribution in [0.5, 0.6) is 5.75 Å². The molecule has 3 amide bonds. The van der Waals surface area contributed by atoms with Gasteiger partial charge in [-0.1, -0.05) is 33.1 Å². The zero-order valence-electron chi connectivity index (χ0n) is 21.6. The molecule has 8 nitrogen and oxygen atoms in total. The Labute approximate surface area is 212 Å². The van der Waals surface area contributed by atoms with Gasteiger partial charge >= 0.3 is 0 Å². The normalized spacial score (nSPS) is 24.4. The molecular weight excluding hydrogens is 456 g/mol. The van der Waals surface area contributed by atoms with E-state index in [-0.39, 0.29) is 36.2 Å². The van der Waals surface area contributed by atoms with Crippen LogP contribution in [0.4, 0.5) is 0 Å². The molecule has 0 radical (unpaired) electrons. The monoisotopic (exact) mass is 494 g/mol. The van der Waals surface area contributed by atoms with Crippen LogP contribution in [0.3, 0.4) is 0 Å². The zero-order chi connectivity index (χ0) is 25.4. The fraction of sp³-hybridized carbons (Fsp3) is 0.607. The summed E-state index contributed by atoms with van der Waals surface area (Å²) < 4.78 is 5.40. The third-order valence-corrected chi connectivity index (χ3v) is 8.05. The van der Waals surface area contributed by atoms with Gasteiger partial charge in [0.1, 0.15) is 17.8 Å². The van der Waals surface area contributed by atoms with Crippen molar-refractivity contribution in [2.45, 2.75) is 95.8 Å². The van der Waals surface area contributed by atoms with Gasteiger partial charge in [-0.05, 0) is 49.3 Å². The number of aromatic nitrogens is 1. The molecule has 1 aromatic heterocycles. The van der Waals surface area contributed by atoms with Crippen molar-refractivity contribution in [2.24, 2.45) is 5.92 Å². The fourth-order valence-electron chi connectivity index (χ4n) is 6.27. The smallest absolute Gasteiger partial charge is 0.246 e. The topological polar surface area (TPSA) is 104 Å². The number of piperazine rings is 1. The number of nitrogens with one attached hydrogen (secondary N) is 3. The lowest BCUT2D eigenvalue weighted by Gasteiger charge is -2.46. The molecular formula is C28H38N4O4. The van der Waals surface area contributed by atoms with Crippen LogP contribution in [0.2, 0.25) is 0 Å². The summed E-state index contributed by atoms with van der Waals surface area (Å²) in [4.78, 5) is 45.0. The van der Waals surface area contributed by atoms with Gasteiger partial charge in [0.2, 0.25) is 17.7 Å². The van der Waals surface area contributed by atoms with Gasteiger partial charge in [0.15, 0.2) is 0 Å². The number of carbonyl (C=O) groups is 3. The van der Waals surface area contributed by atoms with Gasteiger partial charge in [-0.2, -0.15) is 0 Å². The second kappa shape index (κ2) is 10.1. The van der Waals surface area contributed by atoms with Crippen molar-refractivity contribution in [2.75, 3.05) is 7.11 Å². The Morgan fingerprint density at radius 3 is 2.69 bits per heavy atom. The molecule has 1 aromatic carbocycles. The molecule has 194 valence electrons. The Kier molecular flexibility index (Phi) is 6.95. The predicted molar refractivity (Wildman–Crippen MR) is 138 cm³/mol. The minimum Gasteiger partial charge on any atom is -0.497 e. The third-order valence-electron chi connectivity index (χ3n) is 8.05. The minimum atomic E-state index is -0.674. The molecule has 0 bridgehead atoms. The Bertz CT molecular complexity index is 1150. The Balaban J connectivity index is 1.37. The predicted octanol–water partition coefficient (Wildman–Crippen LogP) is 3.74. The SMILES string of the molecule is COc1ccc2c3c([nH]c2c1)C(CC(C)C)N1C(=O)C(CCC(=O)NC2CCCCC2)NC(=O)C1C3. The van der Waals surface area contributed by atoms with Crippen LogP contribution in [0, 0.1) is 5.92 Å². The van der Waals surface area contributed by atoms with Crippen LogP contribution in [0.25, 0.3) is 10.9 Å². The first-order valence-corrected chi connectivity index (χ1v) is 13.5. The average molecular weight is 495 g/mol. The molecule has 3 unspecified atom stereocenters. The molecule has 8 heteroatoms. The summed E-state index contributed by atoms with van der Waals surface area (Å²) >= 11 is 0. The van der Waals surface area contributed by atoms with Crippen molar-refractivity contribution < 1.29 is 19.1 Å². The van der Waals surface area contributed by atoms with Gasteiger partial charge in [-0.3, -0.25) is 14.4 Å². The van der Waals surface area contributed by atoms with E-state index in [1.807, 2.05) is 18.2 Å². The minimum absolute atomic E-state index is 0.0321. The molecule has 3 heterocycles. The molecule has 3 aliphatic rings. The lowest BCUT2D eigenvalue weighted by molar-refractivity contribution is -0.154. The van der Waals surface area contributed by atoms with Crippen LogP contribution >= 0.6 is 0 Å². The third kappa shape index (κ3) is 4.70. The molecule has 2 aromatic rings. The quantitative estimate of drug-likeness (QED) is 0.545. The number of hydrogen-bond donors (Lipinski definition) is 3. The molecule has 1 aliphatic carbocycles. The number of rotatable bonds is 7. The van der Waals surface area contributed by atoms with E-state index in [4.69, 9.17) is 4.74 Å². The number of carbonyl (C=O) groups excluding carboxylic acids is 3. The summed E-state index contributed by atoms with van der Waals surface area (Å²) in [6, 6.07) is 4.74. The van der Waals surface area contributed by atoms with Gasteiger partial charge in [0, 0.05) is 41.5 Å². The number of ether oxygens (including phenoxy) is 1. The summed E-state index contributed by atoms with van der Waals surface area (Å²) in [5, 5.41) is 7.14. The summed E-state index contributed by atoms with van der Waals surface area (Å²) in [5.74, 6) is 0.849. The van der Waals surface area contributed by atoms with Gasteiger partial charge in [0.05, 0.1) is 13.2 Å². The summed E-state index contributed by atoms with van der Waals surface area (Å²) in [6.45, 7) is 4.27. The first-order chi connectivity index (χ1) is 17.4. The Hall–Kier alpha value is -3.03. The summed E-state index contributed by atoms with van der Waals surface area (Å²) in [5.41, 5.74) is 3.07. The van der Waals surface area contributed by atoms with E-state index >= 15 is 0 Å². The molecule has 1 saturated heterocycles. The number of hydrogen-bond acceptors (Lipinski definition) is 4. The second-order valence-corrected chi connectivity index (χ2v) is 11.0. The maximum atomic E-state index is 13.8. The largest absolute Gasteiger partial charge is 0.497 e. The second-order valence-electron chi connectivity index (χ2n) is 11.0. The van der Waals surface area contributed by atoms with Gasteiger partial charge < -0.3 is 25.3 Å². The number of methoxy groups -OCH3 is 1. The van der Waals surface area contributed by atoms with Crippen LogP contribution in [-0.4, -0.2) is 52.8 Å². The number of aromatic amines is 1. The summed E-state index contributed by atoms with van der Waals surface area (Å²) in [6.07, 6.45) is 7.36. The van der Waals surface area contributed by atoms with E-state index in [0.717, 1.165) is 60.0 Å². The van der Waals surface area contributed by atoms with Crippen molar-refractivity contribution in [3.05, 3.63) is 29.5 Å². The lowest BCUT2D eigenvalue weighted by Crippen LogP contribution is -2.66. The van der Waals surface area contributed by atoms with Gasteiger partial charge in [0.25, 0.3) is 0 Å². The van der Waals surface area contributed by atoms with E-state index in [0.29, 0.717) is 18.8 Å². The molecule has 36 heavy (non-hydrogen) atoms. The standard InChI is InChI=1S/C28H38N4O4/c1-16(2)13-23-26-20(19-10-9-18(36-3)14-22(19)30-26)15-24-27(34)31-21(28(35)32(23)24)11-12-25(33)29-17-7-5-4-6-8-17/h9-10,14,16-17,21,23-24,30H,4-8,11-13,15H2,1-3H3,(H,29,33)(H,31,34). The molecule has 3 atom stereocenters. The first kappa shape index (κ1) is 24.7. The van der Waals surface area contributed by atoms with Crippen LogP contribution in [-0.2, 0) is 20.8 Å². The van der Waals surface area contributed by atoms with Crippen molar-refractivity contribution in [1.29, 1.82) is 0 Å². The van der Waals surface area contributed by atoms with Crippen molar-refractivity contribution in [3.8, 4) is 5.75 Å². The zero-order valence-corrected chi connectivity index (χ0v) is 21.6. The Morgan fingerprint density at radius 2 is 1.97 bits per heavy atom. The van der Waals surface area contributed by atoms with E-state index in [1.165, 1.54) is 6.42 Å². The van der Waals surface area contributed by atoms with E-state index in [1.54, 1.807) is 12.0 Å². The number of amides is 3. The van der Waals surface area contributed by atoms with Crippen molar-refractivity contribution in [3.63, 3.8) is 0 Å². The summed E-state index contributed by atoms with van der Waals surface area (Å²) in [7, 11) is 1.64. The maximum Gasteiger partial charge on any atom is 0.246 e. The van der Waals surface area contributed by atoms with Crippen molar-refractivity contribution in [1.82, 2.24) is 20.5 Å². The molecule has 5 rings (SSSR count). The van der Waals surface area contributed by atoms with Gasteiger partial charge in [-0.15, -0.1) is 0 Å². The van der Waals surface area contributed by atoms with Crippen LogP contribution in [0.15, 0.2) is 18.2 Å².